The van der Waals surface area contributed by atoms with Gasteiger partial charge in [0, 0.05) is 18.2 Å². The number of nitrogens with zero attached hydrogens (tertiary/aromatic N) is 3. The van der Waals surface area contributed by atoms with Crippen molar-refractivity contribution in [3.63, 3.8) is 0 Å². The number of hydrogen-bond acceptors (Lipinski definition) is 6. The summed E-state index contributed by atoms with van der Waals surface area (Å²) in [6.45, 7) is 1.44. The third-order valence-electron chi connectivity index (χ3n) is 3.58. The molecule has 140 valence electrons. The molecule has 0 saturated carbocycles. The van der Waals surface area contributed by atoms with E-state index in [0.29, 0.717) is 27.9 Å². The van der Waals surface area contributed by atoms with Crippen molar-refractivity contribution in [1.29, 1.82) is 5.26 Å². The van der Waals surface area contributed by atoms with Crippen LogP contribution in [0.25, 0.3) is 11.4 Å². The highest BCUT2D eigenvalue weighted by Crippen LogP contribution is 2.22. The maximum atomic E-state index is 12.1. The molecule has 3 N–H and O–H groups in total. The highest BCUT2D eigenvalue weighted by molar-refractivity contribution is 7.99. The number of thioether (sulfide) groups is 1. The molecule has 0 radical (unpaired) electrons. The molecular formula is C19H16N6O2S. The van der Waals surface area contributed by atoms with E-state index in [-0.39, 0.29) is 17.6 Å². The monoisotopic (exact) mass is 392 g/mol. The molecule has 28 heavy (non-hydrogen) atoms. The number of nitriles is 1. The van der Waals surface area contributed by atoms with Crippen molar-refractivity contribution >= 4 is 35.0 Å². The van der Waals surface area contributed by atoms with Gasteiger partial charge in [0.25, 0.3) is 0 Å². The van der Waals surface area contributed by atoms with Crippen LogP contribution in [0.1, 0.15) is 12.5 Å². The molecule has 0 saturated heterocycles. The zero-order chi connectivity index (χ0) is 19.9. The number of carbonyl (C=O) groups excluding carboxylic acids is 2. The standard InChI is InChI=1S/C19H16N6O2S/c1-12(26)21-15-7-4-6-13(9-15)18-23-19(25-24-18)28-11-17(27)22-16-8-3-2-5-14(16)10-20/h2-9H,11H2,1H3,(H,21,26)(H,22,27)(H,23,24,25). The van der Waals surface area contributed by atoms with Gasteiger partial charge in [-0.3, -0.25) is 14.7 Å². The Hall–Kier alpha value is -3.64. The number of H-pyrrole nitrogens is 1. The van der Waals surface area contributed by atoms with Crippen LogP contribution < -0.4 is 10.6 Å². The van der Waals surface area contributed by atoms with E-state index >= 15 is 0 Å². The first-order valence-corrected chi connectivity index (χ1v) is 9.26. The summed E-state index contributed by atoms with van der Waals surface area (Å²) in [6.07, 6.45) is 0. The van der Waals surface area contributed by atoms with Gasteiger partial charge in [0.1, 0.15) is 6.07 Å². The lowest BCUT2D eigenvalue weighted by atomic mass is 10.2. The molecule has 0 aliphatic carbocycles. The Morgan fingerprint density at radius 2 is 2.00 bits per heavy atom. The van der Waals surface area contributed by atoms with Crippen LogP contribution in [-0.4, -0.2) is 32.7 Å². The lowest BCUT2D eigenvalue weighted by molar-refractivity contribution is -0.114. The molecular weight excluding hydrogens is 376 g/mol. The molecule has 9 heteroatoms. The lowest BCUT2D eigenvalue weighted by Gasteiger charge is -2.05. The van der Waals surface area contributed by atoms with Crippen molar-refractivity contribution in [2.45, 2.75) is 12.1 Å². The number of benzene rings is 2. The zero-order valence-corrected chi connectivity index (χ0v) is 15.7. The summed E-state index contributed by atoms with van der Waals surface area (Å²) in [5.74, 6) is 0.217. The molecule has 0 unspecified atom stereocenters. The molecule has 8 nitrogen and oxygen atoms in total. The molecule has 3 aromatic rings. The fourth-order valence-electron chi connectivity index (χ4n) is 2.39. The number of amides is 2. The van der Waals surface area contributed by atoms with E-state index in [1.165, 1.54) is 18.7 Å². The third-order valence-corrected chi connectivity index (χ3v) is 4.42. The topological polar surface area (TPSA) is 124 Å². The molecule has 0 aliphatic rings. The van der Waals surface area contributed by atoms with Gasteiger partial charge in [-0.2, -0.15) is 5.26 Å². The molecule has 0 bridgehead atoms. The van der Waals surface area contributed by atoms with Gasteiger partial charge in [0.05, 0.1) is 17.0 Å². The number of carbonyl (C=O) groups is 2. The van der Waals surface area contributed by atoms with E-state index in [1.807, 2.05) is 12.1 Å². The maximum Gasteiger partial charge on any atom is 0.234 e. The van der Waals surface area contributed by atoms with Crippen LogP contribution >= 0.6 is 11.8 Å². The molecule has 3 rings (SSSR count). The minimum atomic E-state index is -0.258. The van der Waals surface area contributed by atoms with Gasteiger partial charge in [-0.1, -0.05) is 36.0 Å². The summed E-state index contributed by atoms with van der Waals surface area (Å²) in [4.78, 5) is 27.7. The van der Waals surface area contributed by atoms with Crippen molar-refractivity contribution in [2.75, 3.05) is 16.4 Å². The SMILES string of the molecule is CC(=O)Nc1cccc(-c2nc(SCC(=O)Nc3ccccc3C#N)n[nH]2)c1. The van der Waals surface area contributed by atoms with E-state index in [9.17, 15) is 9.59 Å². The summed E-state index contributed by atoms with van der Waals surface area (Å²) in [5, 5.41) is 21.8. The Morgan fingerprint density at radius 1 is 1.18 bits per heavy atom. The number of rotatable bonds is 6. The van der Waals surface area contributed by atoms with Gasteiger partial charge in [0.2, 0.25) is 17.0 Å². The number of hydrogen-bond donors (Lipinski definition) is 3. The lowest BCUT2D eigenvalue weighted by Crippen LogP contribution is -2.15. The molecule has 2 amide bonds. The molecule has 0 aliphatic heterocycles. The highest BCUT2D eigenvalue weighted by Gasteiger charge is 2.11. The van der Waals surface area contributed by atoms with Gasteiger partial charge in [-0.15, -0.1) is 5.10 Å². The van der Waals surface area contributed by atoms with E-state index in [4.69, 9.17) is 5.26 Å². The fourth-order valence-corrected chi connectivity index (χ4v) is 2.99. The summed E-state index contributed by atoms with van der Waals surface area (Å²) < 4.78 is 0. The first-order valence-electron chi connectivity index (χ1n) is 8.27. The van der Waals surface area contributed by atoms with Gasteiger partial charge in [0.15, 0.2) is 5.82 Å². The second kappa shape index (κ2) is 8.83. The smallest absolute Gasteiger partial charge is 0.234 e. The van der Waals surface area contributed by atoms with Crippen LogP contribution in [0.2, 0.25) is 0 Å². The second-order valence-electron chi connectivity index (χ2n) is 5.72. The quantitative estimate of drug-likeness (QED) is 0.554. The van der Waals surface area contributed by atoms with Crippen molar-refractivity contribution in [1.82, 2.24) is 15.2 Å². The second-order valence-corrected chi connectivity index (χ2v) is 6.67. The maximum absolute atomic E-state index is 12.1. The Kier molecular flexibility index (Phi) is 6.04. The molecule has 2 aromatic carbocycles. The van der Waals surface area contributed by atoms with Gasteiger partial charge in [-0.25, -0.2) is 4.98 Å². The summed E-state index contributed by atoms with van der Waals surface area (Å²) in [5.41, 5.74) is 2.30. The molecule has 0 spiro atoms. The number of aromatic amines is 1. The average molecular weight is 392 g/mol. The summed E-state index contributed by atoms with van der Waals surface area (Å²) >= 11 is 1.17. The third kappa shape index (κ3) is 4.96. The van der Waals surface area contributed by atoms with Crippen LogP contribution in [-0.2, 0) is 9.59 Å². The molecule has 1 heterocycles. The first-order chi connectivity index (χ1) is 13.5. The number of nitrogens with one attached hydrogen (secondary N) is 3. The first kappa shape index (κ1) is 19.1. The van der Waals surface area contributed by atoms with Crippen molar-refractivity contribution in [3.05, 3.63) is 54.1 Å². The molecule has 0 fully saturated rings. The van der Waals surface area contributed by atoms with Crippen molar-refractivity contribution < 1.29 is 9.59 Å². The number of para-hydroxylation sites is 1. The Balaban J connectivity index is 1.61. The Bertz CT molecular complexity index is 1060. The molecule has 1 aromatic heterocycles. The highest BCUT2D eigenvalue weighted by atomic mass is 32.2. The van der Waals surface area contributed by atoms with Crippen molar-refractivity contribution in [2.24, 2.45) is 0 Å². The van der Waals surface area contributed by atoms with Crippen LogP contribution in [0.4, 0.5) is 11.4 Å². The van der Waals surface area contributed by atoms with Crippen LogP contribution in [0, 0.1) is 11.3 Å². The zero-order valence-electron chi connectivity index (χ0n) is 14.9. The van der Waals surface area contributed by atoms with Crippen LogP contribution in [0.3, 0.4) is 0 Å². The summed E-state index contributed by atoms with van der Waals surface area (Å²) in [7, 11) is 0. The Morgan fingerprint density at radius 3 is 2.79 bits per heavy atom. The summed E-state index contributed by atoms with van der Waals surface area (Å²) in [6, 6.07) is 16.0. The van der Waals surface area contributed by atoms with E-state index in [0.717, 1.165) is 5.56 Å². The number of aromatic nitrogens is 3. The normalized spacial score (nSPS) is 10.1. The van der Waals surface area contributed by atoms with Crippen LogP contribution in [0.5, 0.6) is 0 Å². The predicted molar refractivity (Wildman–Crippen MR) is 107 cm³/mol. The number of anilines is 2. The van der Waals surface area contributed by atoms with E-state index in [1.54, 1.807) is 42.5 Å². The van der Waals surface area contributed by atoms with Crippen molar-refractivity contribution in [3.8, 4) is 17.5 Å². The van der Waals surface area contributed by atoms with Gasteiger partial charge in [-0.05, 0) is 24.3 Å². The van der Waals surface area contributed by atoms with Gasteiger partial charge < -0.3 is 10.6 Å². The largest absolute Gasteiger partial charge is 0.326 e. The molecule has 0 atom stereocenters. The van der Waals surface area contributed by atoms with E-state index < -0.39 is 0 Å². The average Bonchev–Trinajstić information content (AvgIpc) is 3.16. The minimum Gasteiger partial charge on any atom is -0.326 e. The Labute approximate surface area is 165 Å². The van der Waals surface area contributed by atoms with E-state index in [2.05, 4.69) is 25.8 Å². The predicted octanol–water partition coefficient (Wildman–Crippen LogP) is 3.03. The van der Waals surface area contributed by atoms with Crippen LogP contribution in [0.15, 0.2) is 53.7 Å². The van der Waals surface area contributed by atoms with Gasteiger partial charge >= 0.3 is 0 Å². The minimum absolute atomic E-state index is 0.100. The fraction of sp³-hybridized carbons (Fsp3) is 0.105.